The molecule has 1 amide bonds. The number of carbonyl (C=O) groups excluding carboxylic acids is 1. The fourth-order valence-electron chi connectivity index (χ4n) is 3.25. The van der Waals surface area contributed by atoms with Crippen LogP contribution < -0.4 is 11.5 Å². The first kappa shape index (κ1) is 16.8. The van der Waals surface area contributed by atoms with Crippen molar-refractivity contribution in [3.8, 4) is 0 Å². The second-order valence-corrected chi connectivity index (χ2v) is 7.34. The molecule has 0 aromatic heterocycles. The molecule has 2 fully saturated rings. The summed E-state index contributed by atoms with van der Waals surface area (Å²) in [5.41, 5.74) is 0.844. The van der Waals surface area contributed by atoms with Crippen molar-refractivity contribution in [2.45, 2.75) is 44.9 Å². The minimum atomic E-state index is -0.437. The van der Waals surface area contributed by atoms with Crippen molar-refractivity contribution in [1.29, 1.82) is 0 Å². The summed E-state index contributed by atoms with van der Waals surface area (Å²) in [7, 11) is 0. The molecule has 1 heterocycles. The SMILES string of the molecule is CC(C)(C)OC(=O)NC12CC1CN(Cc1ccccc1)C2.N. The molecule has 2 atom stereocenters. The highest BCUT2D eigenvalue weighted by Gasteiger charge is 2.61. The third-order valence-corrected chi connectivity index (χ3v) is 4.22. The van der Waals surface area contributed by atoms with E-state index in [0.29, 0.717) is 5.92 Å². The summed E-state index contributed by atoms with van der Waals surface area (Å²) in [5, 5.41) is 3.10. The number of amides is 1. The summed E-state index contributed by atoms with van der Waals surface area (Å²) in [6.07, 6.45) is 0.795. The molecule has 2 unspecified atom stereocenters. The Balaban J connectivity index is 0.00000176. The standard InChI is InChI=1S/C17H24N2O2.H3N/c1-16(2,3)21-15(20)18-17-9-14(17)11-19(12-17)10-13-7-5-4-6-8-13;/h4-8,14H,9-12H2,1-3H3,(H,18,20);1H3. The van der Waals surface area contributed by atoms with Gasteiger partial charge in [-0.25, -0.2) is 4.79 Å². The van der Waals surface area contributed by atoms with E-state index in [1.165, 1.54) is 5.56 Å². The Bertz CT molecular complexity index is 526. The number of nitrogens with one attached hydrogen (secondary N) is 1. The van der Waals surface area contributed by atoms with E-state index >= 15 is 0 Å². The number of nitrogens with zero attached hydrogens (tertiary/aromatic N) is 1. The average Bonchev–Trinajstić information content (AvgIpc) is 2.89. The van der Waals surface area contributed by atoms with Crippen molar-refractivity contribution < 1.29 is 9.53 Å². The number of benzene rings is 1. The van der Waals surface area contributed by atoms with Crippen LogP contribution in [0.4, 0.5) is 4.79 Å². The van der Waals surface area contributed by atoms with E-state index in [1.807, 2.05) is 26.8 Å². The number of ether oxygens (including phenoxy) is 1. The quantitative estimate of drug-likeness (QED) is 0.900. The van der Waals surface area contributed by atoms with Crippen molar-refractivity contribution in [2.24, 2.45) is 5.92 Å². The van der Waals surface area contributed by atoms with E-state index in [0.717, 1.165) is 26.1 Å². The highest BCUT2D eigenvalue weighted by molar-refractivity contribution is 5.70. The average molecular weight is 305 g/mol. The fraction of sp³-hybridized carbons (Fsp3) is 0.588. The minimum Gasteiger partial charge on any atom is -0.444 e. The van der Waals surface area contributed by atoms with Gasteiger partial charge in [0.25, 0.3) is 0 Å². The Hall–Kier alpha value is -1.59. The molecule has 22 heavy (non-hydrogen) atoms. The molecule has 0 bridgehead atoms. The summed E-state index contributed by atoms with van der Waals surface area (Å²) in [4.78, 5) is 14.4. The van der Waals surface area contributed by atoms with E-state index in [1.54, 1.807) is 0 Å². The molecule has 0 spiro atoms. The van der Waals surface area contributed by atoms with Crippen molar-refractivity contribution >= 4 is 6.09 Å². The first-order valence-corrected chi connectivity index (χ1v) is 7.64. The van der Waals surface area contributed by atoms with Crippen LogP contribution in [-0.4, -0.2) is 35.2 Å². The number of rotatable bonds is 3. The van der Waals surface area contributed by atoms with Crippen molar-refractivity contribution in [1.82, 2.24) is 16.4 Å². The monoisotopic (exact) mass is 305 g/mol. The zero-order chi connectivity index (χ0) is 15.1. The molecule has 1 aromatic carbocycles. The van der Waals surface area contributed by atoms with Gasteiger partial charge in [0, 0.05) is 19.6 Å². The van der Waals surface area contributed by atoms with Crippen LogP contribution in [0.25, 0.3) is 0 Å². The van der Waals surface area contributed by atoms with Gasteiger partial charge in [0.05, 0.1) is 5.54 Å². The second kappa shape index (κ2) is 5.89. The van der Waals surface area contributed by atoms with Crippen LogP contribution in [0.5, 0.6) is 0 Å². The number of hydrogen-bond acceptors (Lipinski definition) is 4. The predicted molar refractivity (Wildman–Crippen MR) is 86.9 cm³/mol. The molecule has 5 nitrogen and oxygen atoms in total. The molecule has 1 aliphatic heterocycles. The first-order chi connectivity index (χ1) is 9.86. The first-order valence-electron chi connectivity index (χ1n) is 7.64. The van der Waals surface area contributed by atoms with E-state index < -0.39 is 5.60 Å². The number of carbonyl (C=O) groups is 1. The van der Waals surface area contributed by atoms with Crippen LogP contribution in [-0.2, 0) is 11.3 Å². The summed E-state index contributed by atoms with van der Waals surface area (Å²) >= 11 is 0. The van der Waals surface area contributed by atoms with E-state index in [4.69, 9.17) is 4.74 Å². The fourth-order valence-corrected chi connectivity index (χ4v) is 3.25. The number of likely N-dealkylation sites (tertiary alicyclic amines) is 1. The molecule has 5 heteroatoms. The summed E-state index contributed by atoms with van der Waals surface area (Å²) in [5.74, 6) is 0.578. The molecule has 0 radical (unpaired) electrons. The van der Waals surface area contributed by atoms with Gasteiger partial charge in [-0.15, -0.1) is 0 Å². The van der Waals surface area contributed by atoms with Crippen LogP contribution in [0.1, 0.15) is 32.8 Å². The molecule has 1 saturated carbocycles. The normalized spacial score (nSPS) is 26.8. The highest BCUT2D eigenvalue weighted by Crippen LogP contribution is 2.49. The molecule has 1 aromatic rings. The summed E-state index contributed by atoms with van der Waals surface area (Å²) < 4.78 is 5.38. The van der Waals surface area contributed by atoms with Gasteiger partial charge in [-0.05, 0) is 38.7 Å². The molecular weight excluding hydrogens is 278 g/mol. The van der Waals surface area contributed by atoms with Gasteiger partial charge in [0.15, 0.2) is 0 Å². The number of alkyl carbamates (subject to hydrolysis) is 1. The lowest BCUT2D eigenvalue weighted by Gasteiger charge is -2.24. The lowest BCUT2D eigenvalue weighted by molar-refractivity contribution is 0.0491. The van der Waals surface area contributed by atoms with Gasteiger partial charge in [0.1, 0.15) is 5.60 Å². The number of fused-ring (bicyclic) bond motifs is 1. The predicted octanol–water partition coefficient (Wildman–Crippen LogP) is 2.95. The number of hydrogen-bond donors (Lipinski definition) is 2. The summed E-state index contributed by atoms with van der Waals surface area (Å²) in [6, 6.07) is 10.5. The van der Waals surface area contributed by atoms with Crippen LogP contribution >= 0.6 is 0 Å². The maximum absolute atomic E-state index is 12.0. The Labute approximate surface area is 132 Å². The van der Waals surface area contributed by atoms with Crippen molar-refractivity contribution in [2.75, 3.05) is 13.1 Å². The molecule has 122 valence electrons. The van der Waals surface area contributed by atoms with E-state index in [-0.39, 0.29) is 17.8 Å². The topological polar surface area (TPSA) is 76.6 Å². The van der Waals surface area contributed by atoms with Crippen molar-refractivity contribution in [3.63, 3.8) is 0 Å². The van der Waals surface area contributed by atoms with E-state index in [9.17, 15) is 4.79 Å². The van der Waals surface area contributed by atoms with Gasteiger partial charge >= 0.3 is 6.09 Å². The Morgan fingerprint density at radius 2 is 2.05 bits per heavy atom. The van der Waals surface area contributed by atoms with E-state index in [2.05, 4.69) is 34.5 Å². The van der Waals surface area contributed by atoms with Gasteiger partial charge < -0.3 is 16.2 Å². The lowest BCUT2D eigenvalue weighted by atomic mass is 10.2. The van der Waals surface area contributed by atoms with Crippen LogP contribution in [0.3, 0.4) is 0 Å². The van der Waals surface area contributed by atoms with Gasteiger partial charge in [-0.3, -0.25) is 4.90 Å². The second-order valence-electron chi connectivity index (χ2n) is 7.34. The largest absolute Gasteiger partial charge is 0.444 e. The third kappa shape index (κ3) is 3.78. The zero-order valence-electron chi connectivity index (χ0n) is 13.8. The van der Waals surface area contributed by atoms with Gasteiger partial charge in [-0.1, -0.05) is 30.3 Å². The van der Waals surface area contributed by atoms with Crippen molar-refractivity contribution in [3.05, 3.63) is 35.9 Å². The van der Waals surface area contributed by atoms with Crippen LogP contribution in [0.2, 0.25) is 0 Å². The minimum absolute atomic E-state index is 0. The molecular formula is C17H27N3O2. The highest BCUT2D eigenvalue weighted by atomic mass is 16.6. The van der Waals surface area contributed by atoms with Crippen LogP contribution in [0, 0.1) is 5.92 Å². The molecule has 1 saturated heterocycles. The molecule has 3 rings (SSSR count). The molecule has 2 aliphatic rings. The Kier molecular flexibility index (Phi) is 4.49. The van der Waals surface area contributed by atoms with Gasteiger partial charge in [-0.2, -0.15) is 0 Å². The Morgan fingerprint density at radius 1 is 1.36 bits per heavy atom. The number of piperidine rings is 1. The zero-order valence-corrected chi connectivity index (χ0v) is 13.8. The van der Waals surface area contributed by atoms with Crippen LogP contribution in [0.15, 0.2) is 30.3 Å². The smallest absolute Gasteiger partial charge is 0.408 e. The maximum atomic E-state index is 12.0. The lowest BCUT2D eigenvalue weighted by Crippen LogP contribution is -2.44. The molecule has 1 aliphatic carbocycles. The van der Waals surface area contributed by atoms with Gasteiger partial charge in [0.2, 0.25) is 0 Å². The molecule has 4 N–H and O–H groups in total. The summed E-state index contributed by atoms with van der Waals surface area (Å²) in [6.45, 7) is 8.62. The maximum Gasteiger partial charge on any atom is 0.408 e. The Morgan fingerprint density at radius 3 is 2.68 bits per heavy atom. The third-order valence-electron chi connectivity index (χ3n) is 4.22.